The molecule has 0 saturated heterocycles. The predicted octanol–water partition coefficient (Wildman–Crippen LogP) is 6.29. The third kappa shape index (κ3) is 2.85. The lowest BCUT2D eigenvalue weighted by atomic mass is 9.34. The molecule has 36 heavy (non-hydrogen) atoms. The number of carbonyl (C=O) groups is 3. The van der Waals surface area contributed by atoms with Gasteiger partial charge in [0.25, 0.3) is 0 Å². The van der Waals surface area contributed by atoms with Crippen molar-refractivity contribution < 1.29 is 19.5 Å². The molecule has 5 heteroatoms. The van der Waals surface area contributed by atoms with E-state index in [0.29, 0.717) is 19.3 Å². The predicted molar refractivity (Wildman–Crippen MR) is 137 cm³/mol. The van der Waals surface area contributed by atoms with E-state index in [4.69, 9.17) is 0 Å². The zero-order chi connectivity index (χ0) is 26.7. The van der Waals surface area contributed by atoms with Gasteiger partial charge in [-0.1, -0.05) is 60.1 Å². The van der Waals surface area contributed by atoms with Crippen molar-refractivity contribution >= 4 is 17.5 Å². The van der Waals surface area contributed by atoms with Crippen molar-refractivity contribution in [3.8, 4) is 6.07 Å². The van der Waals surface area contributed by atoms with Crippen LogP contribution in [0.4, 0.5) is 0 Å². The van der Waals surface area contributed by atoms with Crippen molar-refractivity contribution in [2.24, 2.45) is 50.2 Å². The SMILES string of the molecule is CC1(C)CC[C@]2(C(=O)O)CC[C@]3(C)[C@H](C(=O)C=C4[C@@]5(C)C=C(C#N)C(=O)C(C)(C)C5CC[C@]43C)[C@H]2C1. The maximum absolute atomic E-state index is 14.2. The highest BCUT2D eigenvalue weighted by atomic mass is 16.4. The largest absolute Gasteiger partial charge is 0.481 e. The summed E-state index contributed by atoms with van der Waals surface area (Å²) in [6.07, 6.45) is 8.98. The summed E-state index contributed by atoms with van der Waals surface area (Å²) in [6, 6.07) is 2.15. The molecule has 1 unspecified atom stereocenters. The summed E-state index contributed by atoms with van der Waals surface area (Å²) in [6.45, 7) is 15.0. The quantitative estimate of drug-likeness (QED) is 0.465. The number of carboxylic acid groups (broad SMARTS) is 1. The second-order valence-corrected chi connectivity index (χ2v) is 14.7. The van der Waals surface area contributed by atoms with Gasteiger partial charge in [0.1, 0.15) is 6.07 Å². The molecule has 0 bridgehead atoms. The summed E-state index contributed by atoms with van der Waals surface area (Å²) in [7, 11) is 0. The molecule has 0 aromatic heterocycles. The van der Waals surface area contributed by atoms with Gasteiger partial charge in [-0.2, -0.15) is 5.26 Å². The summed E-state index contributed by atoms with van der Waals surface area (Å²) >= 11 is 0. The minimum absolute atomic E-state index is 0.00880. The van der Waals surface area contributed by atoms with E-state index in [-0.39, 0.29) is 51.1 Å². The fourth-order valence-corrected chi connectivity index (χ4v) is 10.0. The van der Waals surface area contributed by atoms with Gasteiger partial charge in [-0.25, -0.2) is 0 Å². The van der Waals surface area contributed by atoms with Gasteiger partial charge < -0.3 is 5.11 Å². The molecule has 1 N–H and O–H groups in total. The molecule has 194 valence electrons. The van der Waals surface area contributed by atoms with Crippen LogP contribution in [-0.4, -0.2) is 22.6 Å². The van der Waals surface area contributed by atoms with Gasteiger partial charge in [-0.3, -0.25) is 14.4 Å². The number of ketones is 2. The third-order valence-electron chi connectivity index (χ3n) is 12.3. The molecule has 5 rings (SSSR count). The normalized spacial score (nSPS) is 46.7. The number of Topliss-reactive ketones (excluding diaryl/α,β-unsaturated/α-hetero) is 1. The number of rotatable bonds is 1. The number of hydrogen-bond acceptors (Lipinski definition) is 4. The Kier molecular flexibility index (Phi) is 5.09. The Morgan fingerprint density at radius 2 is 1.64 bits per heavy atom. The van der Waals surface area contributed by atoms with E-state index >= 15 is 0 Å². The Morgan fingerprint density at radius 3 is 2.25 bits per heavy atom. The van der Waals surface area contributed by atoms with Crippen LogP contribution in [0.3, 0.4) is 0 Å². The molecule has 5 aliphatic carbocycles. The van der Waals surface area contributed by atoms with E-state index in [0.717, 1.165) is 31.3 Å². The van der Waals surface area contributed by atoms with Crippen LogP contribution in [0.15, 0.2) is 23.3 Å². The smallest absolute Gasteiger partial charge is 0.309 e. The maximum Gasteiger partial charge on any atom is 0.309 e. The van der Waals surface area contributed by atoms with Crippen molar-refractivity contribution in [1.29, 1.82) is 5.26 Å². The summed E-state index contributed by atoms with van der Waals surface area (Å²) in [5.74, 6) is -1.27. The molecule has 0 radical (unpaired) electrons. The van der Waals surface area contributed by atoms with Crippen molar-refractivity contribution in [1.82, 2.24) is 0 Å². The fourth-order valence-electron chi connectivity index (χ4n) is 10.0. The van der Waals surface area contributed by atoms with Crippen LogP contribution in [-0.2, 0) is 14.4 Å². The van der Waals surface area contributed by atoms with Crippen molar-refractivity contribution in [3.63, 3.8) is 0 Å². The first kappa shape index (κ1) is 25.4. The first-order valence-corrected chi connectivity index (χ1v) is 13.7. The molecule has 3 saturated carbocycles. The van der Waals surface area contributed by atoms with Crippen molar-refractivity contribution in [2.75, 3.05) is 0 Å². The Labute approximate surface area is 215 Å². The lowest BCUT2D eigenvalue weighted by Gasteiger charge is -2.68. The maximum atomic E-state index is 14.2. The number of carbonyl (C=O) groups excluding carboxylic acids is 2. The van der Waals surface area contributed by atoms with Gasteiger partial charge in [-0.15, -0.1) is 0 Å². The highest BCUT2D eigenvalue weighted by Crippen LogP contribution is 2.74. The molecule has 5 nitrogen and oxygen atoms in total. The lowest BCUT2D eigenvalue weighted by Crippen LogP contribution is -2.65. The van der Waals surface area contributed by atoms with Crippen molar-refractivity contribution in [3.05, 3.63) is 23.3 Å². The molecule has 3 fully saturated rings. The number of carboxylic acids is 1. The lowest BCUT2D eigenvalue weighted by molar-refractivity contribution is -0.188. The number of fused-ring (bicyclic) bond motifs is 7. The Bertz CT molecular complexity index is 1180. The van der Waals surface area contributed by atoms with Gasteiger partial charge >= 0.3 is 5.97 Å². The van der Waals surface area contributed by atoms with Gasteiger partial charge in [0.15, 0.2) is 11.6 Å². The van der Waals surface area contributed by atoms with Crippen LogP contribution in [0.25, 0.3) is 0 Å². The van der Waals surface area contributed by atoms with Gasteiger partial charge in [0.2, 0.25) is 0 Å². The molecule has 0 aromatic carbocycles. The summed E-state index contributed by atoms with van der Waals surface area (Å²) in [5.41, 5.74) is -1.49. The molecule has 7 atom stereocenters. The molecule has 0 spiro atoms. The first-order chi connectivity index (χ1) is 16.5. The van der Waals surface area contributed by atoms with Gasteiger partial charge in [-0.05, 0) is 79.1 Å². The number of nitrogens with zero attached hydrogens (tertiary/aromatic N) is 1. The minimum atomic E-state index is -0.828. The van der Waals surface area contributed by atoms with Crippen LogP contribution < -0.4 is 0 Å². The summed E-state index contributed by atoms with van der Waals surface area (Å²) in [4.78, 5) is 40.2. The average molecular weight is 492 g/mol. The number of hydrogen-bond donors (Lipinski definition) is 1. The van der Waals surface area contributed by atoms with E-state index in [1.165, 1.54) is 0 Å². The van der Waals surface area contributed by atoms with Crippen molar-refractivity contribution in [2.45, 2.75) is 93.4 Å². The second-order valence-electron chi connectivity index (χ2n) is 14.7. The topological polar surface area (TPSA) is 95.2 Å². The van der Waals surface area contributed by atoms with E-state index in [1.54, 1.807) is 0 Å². The minimum Gasteiger partial charge on any atom is -0.481 e. The molecule has 5 aliphatic rings. The number of aliphatic carboxylic acids is 1. The van der Waals surface area contributed by atoms with Crippen LogP contribution >= 0.6 is 0 Å². The Morgan fingerprint density at radius 1 is 1.00 bits per heavy atom. The fraction of sp³-hybridized carbons (Fsp3) is 0.742. The van der Waals surface area contributed by atoms with E-state index < -0.39 is 22.2 Å². The monoisotopic (exact) mass is 491 g/mol. The molecule has 0 amide bonds. The zero-order valence-corrected chi connectivity index (χ0v) is 23.0. The standard InChI is InChI=1S/C31H41NO4/c1-26(2)10-12-31(25(35)36)13-11-30(7)23(19(31)16-26)20(33)14-22-28(5)15-18(17-32)24(34)27(3,4)21(28)8-9-29(22,30)6/h14-15,19,21,23H,8-13,16H2,1-7H3,(H,35,36)/t19-,21?,23+,28+,29-,30-,31+/m1/s1. The highest BCUT2D eigenvalue weighted by Gasteiger charge is 2.70. The van der Waals surface area contributed by atoms with Crippen LogP contribution in [0.2, 0.25) is 0 Å². The molecule has 0 aromatic rings. The average Bonchev–Trinajstić information content (AvgIpc) is 2.77. The molecular formula is C31H41NO4. The second kappa shape index (κ2) is 7.21. The van der Waals surface area contributed by atoms with Crippen LogP contribution in [0.5, 0.6) is 0 Å². The highest BCUT2D eigenvalue weighted by molar-refractivity contribution is 6.04. The number of allylic oxidation sites excluding steroid dienone is 4. The van der Waals surface area contributed by atoms with Crippen LogP contribution in [0, 0.1) is 61.6 Å². The molecular weight excluding hydrogens is 450 g/mol. The summed E-state index contributed by atoms with van der Waals surface area (Å²) in [5, 5.41) is 20.3. The van der Waals surface area contributed by atoms with Crippen LogP contribution in [0.1, 0.15) is 93.4 Å². The molecule has 0 aliphatic heterocycles. The molecule has 0 heterocycles. The zero-order valence-electron chi connectivity index (χ0n) is 23.0. The van der Waals surface area contributed by atoms with E-state index in [2.05, 4.69) is 40.7 Å². The van der Waals surface area contributed by atoms with Gasteiger partial charge in [0, 0.05) is 16.7 Å². The number of nitriles is 1. The van der Waals surface area contributed by atoms with E-state index in [1.807, 2.05) is 26.0 Å². The Hall–Kier alpha value is -2.22. The van der Waals surface area contributed by atoms with E-state index in [9.17, 15) is 24.8 Å². The Balaban J connectivity index is 1.71. The van der Waals surface area contributed by atoms with Gasteiger partial charge in [0.05, 0.1) is 11.0 Å². The summed E-state index contributed by atoms with van der Waals surface area (Å²) < 4.78 is 0. The first-order valence-electron chi connectivity index (χ1n) is 13.7. The third-order valence-corrected chi connectivity index (χ3v) is 12.3.